The fourth-order valence-electron chi connectivity index (χ4n) is 5.05. The van der Waals surface area contributed by atoms with Gasteiger partial charge in [-0.25, -0.2) is 9.18 Å². The summed E-state index contributed by atoms with van der Waals surface area (Å²) in [5, 5.41) is 9.90. The number of carbonyl (C=O) groups is 3. The van der Waals surface area contributed by atoms with Crippen molar-refractivity contribution in [1.82, 2.24) is 20.7 Å². The van der Waals surface area contributed by atoms with Crippen LogP contribution in [0.3, 0.4) is 0 Å². The first-order chi connectivity index (χ1) is 16.3. The van der Waals surface area contributed by atoms with Crippen LogP contribution in [0.15, 0.2) is 47.0 Å². The number of fused-ring (bicyclic) bond motifs is 1. The average molecular weight is 464 g/mol. The van der Waals surface area contributed by atoms with Crippen molar-refractivity contribution in [2.75, 3.05) is 13.1 Å². The molecule has 4 amide bonds. The Morgan fingerprint density at radius 2 is 1.85 bits per heavy atom. The number of rotatable bonds is 4. The van der Waals surface area contributed by atoms with E-state index in [4.69, 9.17) is 4.52 Å². The number of benzene rings is 2. The van der Waals surface area contributed by atoms with E-state index in [-0.39, 0.29) is 23.6 Å². The van der Waals surface area contributed by atoms with E-state index < -0.39 is 17.5 Å². The van der Waals surface area contributed by atoms with Gasteiger partial charge in [0, 0.05) is 30.0 Å². The second-order valence-corrected chi connectivity index (χ2v) is 9.22. The topological polar surface area (TPSA) is 105 Å². The van der Waals surface area contributed by atoms with E-state index >= 15 is 0 Å². The van der Waals surface area contributed by atoms with Crippen LogP contribution in [0.1, 0.15) is 54.2 Å². The summed E-state index contributed by atoms with van der Waals surface area (Å²) >= 11 is 0. The van der Waals surface area contributed by atoms with Crippen LogP contribution >= 0.6 is 0 Å². The van der Waals surface area contributed by atoms with Crippen LogP contribution in [-0.4, -0.2) is 41.0 Å². The molecule has 9 heteroatoms. The molecule has 2 saturated heterocycles. The molecule has 2 aliphatic rings. The van der Waals surface area contributed by atoms with Crippen LogP contribution in [0, 0.1) is 11.7 Å². The number of urea groups is 1. The summed E-state index contributed by atoms with van der Waals surface area (Å²) in [4.78, 5) is 39.2. The maximum absolute atomic E-state index is 13.7. The maximum atomic E-state index is 13.7. The highest BCUT2D eigenvalue weighted by molar-refractivity contribution is 6.07. The number of aromatic nitrogens is 1. The number of nitrogens with one attached hydrogen (secondary N) is 2. The quantitative estimate of drug-likeness (QED) is 0.573. The van der Waals surface area contributed by atoms with E-state index in [9.17, 15) is 18.8 Å². The monoisotopic (exact) mass is 464 g/mol. The first-order valence-corrected chi connectivity index (χ1v) is 11.4. The summed E-state index contributed by atoms with van der Waals surface area (Å²) in [6, 6.07) is 10.7. The Kier molecular flexibility index (Phi) is 5.34. The number of likely N-dealkylation sites (tertiary alicyclic amines) is 1. The number of carbonyl (C=O) groups excluding carboxylic acids is 3. The van der Waals surface area contributed by atoms with Crippen molar-refractivity contribution in [3.05, 3.63) is 65.1 Å². The maximum Gasteiger partial charge on any atom is 0.322 e. The van der Waals surface area contributed by atoms with Crippen LogP contribution in [0.4, 0.5) is 9.18 Å². The largest absolute Gasteiger partial charge is 0.356 e. The van der Waals surface area contributed by atoms with Crippen LogP contribution in [0.25, 0.3) is 11.0 Å². The summed E-state index contributed by atoms with van der Waals surface area (Å²) in [6.07, 6.45) is 1.40. The number of piperidine rings is 1. The highest BCUT2D eigenvalue weighted by atomic mass is 19.1. The summed E-state index contributed by atoms with van der Waals surface area (Å²) in [5.74, 6) is -0.916. The van der Waals surface area contributed by atoms with Crippen LogP contribution in [0.5, 0.6) is 0 Å². The molecule has 0 bridgehead atoms. The standard InChI is InChI=1S/C25H25FN4O4/c1-14(2)25(23(32)27-24(33)28-25)17-5-3-16(4-6-17)22(31)30-11-9-15(10-12-30)21-19-13-18(26)7-8-20(19)34-29-21/h3-8,13-15H,9-12H2,1-2H3,(H2,27,28,32,33)/t25-/m1/s1. The highest BCUT2D eigenvalue weighted by Gasteiger charge is 2.50. The predicted octanol–water partition coefficient (Wildman–Crippen LogP) is 3.68. The molecule has 1 aromatic heterocycles. The predicted molar refractivity (Wildman–Crippen MR) is 121 cm³/mol. The zero-order valence-corrected chi connectivity index (χ0v) is 18.9. The molecule has 34 heavy (non-hydrogen) atoms. The van der Waals surface area contributed by atoms with Crippen molar-refractivity contribution in [2.45, 2.75) is 38.1 Å². The normalized spacial score (nSPS) is 21.2. The Morgan fingerprint density at radius 3 is 2.47 bits per heavy atom. The minimum absolute atomic E-state index is 0.0878. The third-order valence-electron chi connectivity index (χ3n) is 6.98. The molecule has 0 saturated carbocycles. The molecule has 0 aliphatic carbocycles. The molecule has 2 aromatic carbocycles. The second kappa shape index (κ2) is 8.23. The minimum Gasteiger partial charge on any atom is -0.356 e. The Bertz CT molecular complexity index is 1280. The van der Waals surface area contributed by atoms with E-state index in [0.29, 0.717) is 48.0 Å². The van der Waals surface area contributed by atoms with Gasteiger partial charge in [-0.3, -0.25) is 14.9 Å². The van der Waals surface area contributed by atoms with Gasteiger partial charge in [0.2, 0.25) is 0 Å². The van der Waals surface area contributed by atoms with Crippen molar-refractivity contribution in [3.63, 3.8) is 0 Å². The van der Waals surface area contributed by atoms with Crippen LogP contribution < -0.4 is 10.6 Å². The van der Waals surface area contributed by atoms with E-state index in [2.05, 4.69) is 15.8 Å². The van der Waals surface area contributed by atoms with E-state index in [1.54, 1.807) is 35.2 Å². The summed E-state index contributed by atoms with van der Waals surface area (Å²) in [5.41, 5.74) is 1.28. The molecule has 0 unspecified atom stereocenters. The molecule has 2 fully saturated rings. The molecule has 1 atom stereocenters. The van der Waals surface area contributed by atoms with Gasteiger partial charge in [0.15, 0.2) is 5.58 Å². The SMILES string of the molecule is CC(C)[C@]1(c2ccc(C(=O)N3CCC(c4noc5ccc(F)cc45)CC3)cc2)NC(=O)NC1=O. The van der Waals surface area contributed by atoms with Gasteiger partial charge in [-0.2, -0.15) is 0 Å². The molecule has 2 aliphatic heterocycles. The molecule has 0 radical (unpaired) electrons. The summed E-state index contributed by atoms with van der Waals surface area (Å²) < 4.78 is 19.0. The molecule has 3 aromatic rings. The van der Waals surface area contributed by atoms with Gasteiger partial charge in [0.25, 0.3) is 11.8 Å². The Balaban J connectivity index is 1.29. The lowest BCUT2D eigenvalue weighted by Crippen LogP contribution is -2.48. The Hall–Kier alpha value is -3.75. The number of imide groups is 1. The van der Waals surface area contributed by atoms with Crippen molar-refractivity contribution in [1.29, 1.82) is 0 Å². The summed E-state index contributed by atoms with van der Waals surface area (Å²) in [6.45, 7) is 4.81. The fraction of sp³-hybridized carbons (Fsp3) is 0.360. The van der Waals surface area contributed by atoms with E-state index in [1.165, 1.54) is 12.1 Å². The zero-order chi connectivity index (χ0) is 24.0. The number of nitrogens with zero attached hydrogens (tertiary/aromatic N) is 2. The van der Waals surface area contributed by atoms with Crippen molar-refractivity contribution in [2.24, 2.45) is 5.92 Å². The molecule has 3 heterocycles. The minimum atomic E-state index is -1.16. The first kappa shape index (κ1) is 22.1. The molecule has 0 spiro atoms. The van der Waals surface area contributed by atoms with Gasteiger partial charge in [-0.1, -0.05) is 31.1 Å². The van der Waals surface area contributed by atoms with Crippen molar-refractivity contribution in [3.8, 4) is 0 Å². The Morgan fingerprint density at radius 1 is 1.15 bits per heavy atom. The number of hydrogen-bond acceptors (Lipinski definition) is 5. The van der Waals surface area contributed by atoms with Crippen molar-refractivity contribution >= 4 is 28.8 Å². The third kappa shape index (κ3) is 3.52. The van der Waals surface area contributed by atoms with Crippen molar-refractivity contribution < 1.29 is 23.3 Å². The second-order valence-electron chi connectivity index (χ2n) is 9.22. The molecular formula is C25H25FN4O4. The van der Waals surface area contributed by atoms with E-state index in [0.717, 1.165) is 5.69 Å². The lowest BCUT2D eigenvalue weighted by atomic mass is 9.79. The fourth-order valence-corrected chi connectivity index (χ4v) is 5.05. The van der Waals surface area contributed by atoms with Gasteiger partial charge >= 0.3 is 6.03 Å². The van der Waals surface area contributed by atoms with Crippen LogP contribution in [0.2, 0.25) is 0 Å². The summed E-state index contributed by atoms with van der Waals surface area (Å²) in [7, 11) is 0. The lowest BCUT2D eigenvalue weighted by Gasteiger charge is -2.32. The van der Waals surface area contributed by atoms with E-state index in [1.807, 2.05) is 13.8 Å². The molecule has 2 N–H and O–H groups in total. The van der Waals surface area contributed by atoms with Crippen LogP contribution in [-0.2, 0) is 10.3 Å². The zero-order valence-electron chi connectivity index (χ0n) is 18.9. The van der Waals surface area contributed by atoms with Gasteiger partial charge in [0.05, 0.1) is 5.69 Å². The molecule has 5 rings (SSSR count). The smallest absolute Gasteiger partial charge is 0.322 e. The van der Waals surface area contributed by atoms with Gasteiger partial charge < -0.3 is 14.7 Å². The van der Waals surface area contributed by atoms with Gasteiger partial charge in [0.1, 0.15) is 11.4 Å². The molecular weight excluding hydrogens is 439 g/mol. The number of hydrogen-bond donors (Lipinski definition) is 2. The Labute approximate surface area is 195 Å². The number of halogens is 1. The molecule has 8 nitrogen and oxygen atoms in total. The highest BCUT2D eigenvalue weighted by Crippen LogP contribution is 2.35. The van der Waals surface area contributed by atoms with Gasteiger partial charge in [-0.15, -0.1) is 0 Å². The number of amides is 4. The van der Waals surface area contributed by atoms with Gasteiger partial charge in [-0.05, 0) is 54.7 Å². The lowest BCUT2D eigenvalue weighted by molar-refractivity contribution is -0.125. The molecule has 176 valence electrons. The average Bonchev–Trinajstić information content (AvgIpc) is 3.39. The third-order valence-corrected chi connectivity index (χ3v) is 6.98. The first-order valence-electron chi connectivity index (χ1n) is 11.4.